The second-order valence-electron chi connectivity index (χ2n) is 6.24. The van der Waals surface area contributed by atoms with Crippen molar-refractivity contribution in [2.75, 3.05) is 31.2 Å². The first kappa shape index (κ1) is 16.3. The molecule has 1 fully saturated rings. The van der Waals surface area contributed by atoms with Gasteiger partial charge in [0.1, 0.15) is 11.9 Å². The van der Waals surface area contributed by atoms with Crippen LogP contribution in [0.4, 0.5) is 5.82 Å². The highest BCUT2D eigenvalue weighted by Crippen LogP contribution is 2.22. The highest BCUT2D eigenvalue weighted by molar-refractivity contribution is 5.82. The molecule has 0 spiro atoms. The molecule has 0 saturated carbocycles. The van der Waals surface area contributed by atoms with Crippen molar-refractivity contribution < 1.29 is 4.74 Å². The predicted octanol–water partition coefficient (Wildman–Crippen LogP) is 2.15. The number of nitriles is 1. The monoisotopic (exact) mass is 346 g/mol. The van der Waals surface area contributed by atoms with E-state index < -0.39 is 0 Å². The molecule has 3 heterocycles. The minimum atomic E-state index is -0.135. The van der Waals surface area contributed by atoms with Crippen LogP contribution in [0.3, 0.4) is 0 Å². The van der Waals surface area contributed by atoms with Crippen molar-refractivity contribution in [2.24, 2.45) is 0 Å². The summed E-state index contributed by atoms with van der Waals surface area (Å²) in [7, 11) is 0. The fourth-order valence-corrected chi connectivity index (χ4v) is 3.20. The number of fused-ring (bicyclic) bond motifs is 1. The van der Waals surface area contributed by atoms with Crippen LogP contribution in [0.1, 0.15) is 11.1 Å². The summed E-state index contributed by atoms with van der Waals surface area (Å²) in [5.41, 5.74) is 1.95. The molecule has 26 heavy (non-hydrogen) atoms. The predicted molar refractivity (Wildman–Crippen MR) is 99.3 cm³/mol. The first-order valence-electron chi connectivity index (χ1n) is 8.57. The molecule has 2 aromatic heterocycles. The lowest BCUT2D eigenvalue weighted by Gasteiger charge is -2.28. The molecule has 0 N–H and O–H groups in total. The van der Waals surface area contributed by atoms with Gasteiger partial charge >= 0.3 is 0 Å². The fourth-order valence-electron chi connectivity index (χ4n) is 3.20. The minimum Gasteiger partial charge on any atom is -0.378 e. The SMILES string of the molecule is N#Cc1cc2c(=O)n(Cc3ccccc3)ccc2nc1N1CCOCC1. The van der Waals surface area contributed by atoms with Gasteiger partial charge in [0.15, 0.2) is 0 Å². The summed E-state index contributed by atoms with van der Waals surface area (Å²) >= 11 is 0. The Morgan fingerprint density at radius 1 is 1.15 bits per heavy atom. The molecule has 1 aliphatic heterocycles. The average Bonchev–Trinajstić information content (AvgIpc) is 2.71. The molecule has 1 saturated heterocycles. The van der Waals surface area contributed by atoms with Crippen molar-refractivity contribution >= 4 is 16.7 Å². The Balaban J connectivity index is 1.78. The van der Waals surface area contributed by atoms with Gasteiger partial charge in [-0.3, -0.25) is 4.79 Å². The summed E-state index contributed by atoms with van der Waals surface area (Å²) in [4.78, 5) is 19.5. The zero-order chi connectivity index (χ0) is 17.9. The summed E-state index contributed by atoms with van der Waals surface area (Å²) in [6.07, 6.45) is 1.76. The van der Waals surface area contributed by atoms with Crippen molar-refractivity contribution in [1.82, 2.24) is 9.55 Å². The van der Waals surface area contributed by atoms with E-state index in [-0.39, 0.29) is 5.56 Å². The molecule has 6 heteroatoms. The Morgan fingerprint density at radius 3 is 2.65 bits per heavy atom. The zero-order valence-corrected chi connectivity index (χ0v) is 14.3. The third-order valence-electron chi connectivity index (χ3n) is 4.56. The maximum atomic E-state index is 12.9. The van der Waals surface area contributed by atoms with E-state index in [0.29, 0.717) is 55.1 Å². The van der Waals surface area contributed by atoms with Crippen molar-refractivity contribution in [1.29, 1.82) is 5.26 Å². The van der Waals surface area contributed by atoms with Crippen molar-refractivity contribution in [2.45, 2.75) is 6.54 Å². The van der Waals surface area contributed by atoms with Crippen LogP contribution in [-0.2, 0) is 11.3 Å². The van der Waals surface area contributed by atoms with Crippen LogP contribution in [0.2, 0.25) is 0 Å². The number of benzene rings is 1. The first-order chi connectivity index (χ1) is 12.8. The van der Waals surface area contributed by atoms with Gasteiger partial charge in [-0.1, -0.05) is 30.3 Å². The molecule has 0 aliphatic carbocycles. The molecule has 3 aromatic rings. The quantitative estimate of drug-likeness (QED) is 0.727. The zero-order valence-electron chi connectivity index (χ0n) is 14.3. The maximum Gasteiger partial charge on any atom is 0.260 e. The van der Waals surface area contributed by atoms with Gasteiger partial charge < -0.3 is 14.2 Å². The maximum absolute atomic E-state index is 12.9. The molecule has 0 bridgehead atoms. The fraction of sp³-hybridized carbons (Fsp3) is 0.250. The van der Waals surface area contributed by atoms with E-state index in [9.17, 15) is 10.1 Å². The Bertz CT molecular complexity index is 1030. The van der Waals surface area contributed by atoms with Gasteiger partial charge in [0.25, 0.3) is 5.56 Å². The van der Waals surface area contributed by atoms with E-state index >= 15 is 0 Å². The standard InChI is InChI=1S/C20H18N4O2/c21-13-16-12-17-18(22-19(16)23-8-10-26-11-9-23)6-7-24(20(17)25)14-15-4-2-1-3-5-15/h1-7,12H,8-11,14H2. The molecule has 0 unspecified atom stereocenters. The van der Waals surface area contributed by atoms with Gasteiger partial charge in [0, 0.05) is 19.3 Å². The van der Waals surface area contributed by atoms with Crippen LogP contribution < -0.4 is 10.5 Å². The number of aromatic nitrogens is 2. The van der Waals surface area contributed by atoms with E-state index in [1.807, 2.05) is 41.3 Å². The molecule has 0 amide bonds. The summed E-state index contributed by atoms with van der Waals surface area (Å²) in [5, 5.41) is 10.0. The number of morpholine rings is 1. The highest BCUT2D eigenvalue weighted by Gasteiger charge is 2.18. The second-order valence-corrected chi connectivity index (χ2v) is 6.24. The van der Waals surface area contributed by atoms with Gasteiger partial charge in [-0.2, -0.15) is 5.26 Å². The number of hydrogen-bond acceptors (Lipinski definition) is 5. The normalized spacial score (nSPS) is 14.3. The van der Waals surface area contributed by atoms with Crippen LogP contribution >= 0.6 is 0 Å². The van der Waals surface area contributed by atoms with Crippen LogP contribution in [0.25, 0.3) is 10.9 Å². The van der Waals surface area contributed by atoms with Crippen LogP contribution in [0.5, 0.6) is 0 Å². The topological polar surface area (TPSA) is 71.2 Å². The van der Waals surface area contributed by atoms with Crippen molar-refractivity contribution in [3.8, 4) is 6.07 Å². The number of rotatable bonds is 3. The summed E-state index contributed by atoms with van der Waals surface area (Å²) in [5.74, 6) is 0.628. The average molecular weight is 346 g/mol. The van der Waals surface area contributed by atoms with E-state index in [1.165, 1.54) is 0 Å². The molecular weight excluding hydrogens is 328 g/mol. The van der Waals surface area contributed by atoms with Crippen LogP contribution in [0.15, 0.2) is 53.5 Å². The Labute approximate surface area is 150 Å². The minimum absolute atomic E-state index is 0.135. The Hall–Kier alpha value is -3.17. The van der Waals surface area contributed by atoms with Crippen molar-refractivity contribution in [3.63, 3.8) is 0 Å². The molecule has 0 atom stereocenters. The highest BCUT2D eigenvalue weighted by atomic mass is 16.5. The molecule has 130 valence electrons. The number of anilines is 1. The number of ether oxygens (including phenoxy) is 1. The van der Waals surface area contributed by atoms with Gasteiger partial charge in [-0.25, -0.2) is 4.98 Å². The van der Waals surface area contributed by atoms with Gasteiger partial charge in [0.05, 0.1) is 36.2 Å². The number of pyridine rings is 2. The molecular formula is C20H18N4O2. The van der Waals surface area contributed by atoms with Crippen LogP contribution in [0, 0.1) is 11.3 Å². The largest absolute Gasteiger partial charge is 0.378 e. The third kappa shape index (κ3) is 3.05. The number of nitrogens with zero attached hydrogens (tertiary/aromatic N) is 4. The first-order valence-corrected chi connectivity index (χ1v) is 8.57. The lowest BCUT2D eigenvalue weighted by Crippen LogP contribution is -2.37. The molecule has 1 aliphatic rings. The summed E-state index contributed by atoms with van der Waals surface area (Å²) < 4.78 is 7.02. The van der Waals surface area contributed by atoms with Gasteiger partial charge in [0.2, 0.25) is 0 Å². The third-order valence-corrected chi connectivity index (χ3v) is 4.56. The van der Waals surface area contributed by atoms with E-state index in [4.69, 9.17) is 4.74 Å². The molecule has 4 rings (SSSR count). The molecule has 0 radical (unpaired) electrons. The second kappa shape index (κ2) is 6.98. The van der Waals surface area contributed by atoms with Crippen LogP contribution in [-0.4, -0.2) is 35.9 Å². The molecule has 1 aromatic carbocycles. The summed E-state index contributed by atoms with van der Waals surface area (Å²) in [6, 6.07) is 15.5. The number of hydrogen-bond donors (Lipinski definition) is 0. The molecule has 6 nitrogen and oxygen atoms in total. The van der Waals surface area contributed by atoms with E-state index in [1.54, 1.807) is 16.8 Å². The smallest absolute Gasteiger partial charge is 0.260 e. The van der Waals surface area contributed by atoms with Crippen molar-refractivity contribution in [3.05, 3.63) is 70.1 Å². The Kier molecular flexibility index (Phi) is 4.38. The Morgan fingerprint density at radius 2 is 1.92 bits per heavy atom. The summed E-state index contributed by atoms with van der Waals surface area (Å²) in [6.45, 7) is 3.10. The van der Waals surface area contributed by atoms with E-state index in [2.05, 4.69) is 11.1 Å². The lowest BCUT2D eigenvalue weighted by atomic mass is 10.1. The van der Waals surface area contributed by atoms with Gasteiger partial charge in [-0.05, 0) is 17.7 Å². The lowest BCUT2D eigenvalue weighted by molar-refractivity contribution is 0.122. The van der Waals surface area contributed by atoms with Gasteiger partial charge in [-0.15, -0.1) is 0 Å². The van der Waals surface area contributed by atoms with E-state index in [0.717, 1.165) is 5.56 Å².